The Balaban J connectivity index is 1.80. The van der Waals surface area contributed by atoms with E-state index in [9.17, 15) is 9.90 Å². The van der Waals surface area contributed by atoms with Gasteiger partial charge in [0.25, 0.3) is 0 Å². The van der Waals surface area contributed by atoms with Crippen molar-refractivity contribution >= 4 is 12.6 Å². The Morgan fingerprint density at radius 2 is 1.30 bits per heavy atom. The van der Waals surface area contributed by atoms with Crippen LogP contribution in [-0.2, 0) is 6.42 Å². The van der Waals surface area contributed by atoms with Crippen LogP contribution in [0.1, 0.15) is 28.8 Å². The second-order valence-corrected chi connectivity index (χ2v) is 7.66. The average Bonchev–Trinajstić information content (AvgIpc) is 3.08. The molecule has 3 aromatic carbocycles. The number of thiol groups is 1. The smallest absolute Gasteiger partial charge is 0.332 e. The molecule has 0 fully saturated rings. The molecular weight excluding hydrogens is 392 g/mol. The monoisotopic (exact) mass is 416 g/mol. The molecule has 0 saturated heterocycles. The van der Waals surface area contributed by atoms with Gasteiger partial charge in [-0.2, -0.15) is 12.6 Å². The fourth-order valence-electron chi connectivity index (χ4n) is 3.90. The Morgan fingerprint density at radius 3 is 1.80 bits per heavy atom. The van der Waals surface area contributed by atoms with E-state index in [0.717, 1.165) is 16.7 Å². The Kier molecular flexibility index (Phi) is 6.10. The summed E-state index contributed by atoms with van der Waals surface area (Å²) in [5.41, 5.74) is 2.81. The zero-order chi connectivity index (χ0) is 20.9. The van der Waals surface area contributed by atoms with Crippen molar-refractivity contribution in [2.24, 2.45) is 0 Å². The predicted octanol–water partition coefficient (Wildman–Crippen LogP) is 4.71. The highest BCUT2D eigenvalue weighted by atomic mass is 32.1. The Bertz CT molecular complexity index is 1100. The van der Waals surface area contributed by atoms with Crippen molar-refractivity contribution in [2.75, 3.05) is 5.75 Å². The molecule has 4 rings (SSSR count). The second-order valence-electron chi connectivity index (χ2n) is 7.30. The van der Waals surface area contributed by atoms with E-state index in [-0.39, 0.29) is 23.7 Å². The van der Waals surface area contributed by atoms with Crippen LogP contribution in [0.4, 0.5) is 0 Å². The number of imidazole rings is 1. The van der Waals surface area contributed by atoms with Gasteiger partial charge in [-0.05, 0) is 23.1 Å². The van der Waals surface area contributed by atoms with E-state index in [0.29, 0.717) is 12.2 Å². The zero-order valence-corrected chi connectivity index (χ0v) is 17.4. The van der Waals surface area contributed by atoms with Crippen molar-refractivity contribution in [1.82, 2.24) is 9.13 Å². The van der Waals surface area contributed by atoms with Crippen molar-refractivity contribution in [2.45, 2.75) is 18.5 Å². The first-order chi connectivity index (χ1) is 14.7. The molecule has 1 aromatic heterocycles. The lowest BCUT2D eigenvalue weighted by Gasteiger charge is -2.20. The van der Waals surface area contributed by atoms with E-state index in [4.69, 9.17) is 0 Å². The minimum Gasteiger partial charge on any atom is -0.493 e. The summed E-state index contributed by atoms with van der Waals surface area (Å²) < 4.78 is 3.07. The summed E-state index contributed by atoms with van der Waals surface area (Å²) in [6, 6.07) is 29.1. The molecule has 1 heterocycles. The molecule has 1 atom stereocenters. The van der Waals surface area contributed by atoms with Crippen molar-refractivity contribution in [3.63, 3.8) is 0 Å². The highest BCUT2D eigenvalue weighted by molar-refractivity contribution is 7.80. The third-order valence-corrected chi connectivity index (χ3v) is 5.75. The summed E-state index contributed by atoms with van der Waals surface area (Å²) >= 11 is 4.47. The van der Waals surface area contributed by atoms with Crippen molar-refractivity contribution < 1.29 is 5.11 Å². The summed E-state index contributed by atoms with van der Waals surface area (Å²) in [5.74, 6) is 0.389. The molecule has 30 heavy (non-hydrogen) atoms. The topological polar surface area (TPSA) is 47.2 Å². The van der Waals surface area contributed by atoms with E-state index in [1.54, 1.807) is 4.57 Å². The standard InChI is InChI=1S/C25H24N2O2S/c28-23-17-26(24(20-12-6-2-7-13-20)21-14-8-3-9-15-21)25(29)27(23)22(18-30)16-19-10-4-1-5-11-19/h1-15,17,22,24,28,30H,16,18H2. The lowest BCUT2D eigenvalue weighted by atomic mass is 9.98. The third kappa shape index (κ3) is 4.07. The molecule has 4 aromatic rings. The van der Waals surface area contributed by atoms with Crippen LogP contribution in [-0.4, -0.2) is 20.0 Å². The molecule has 0 amide bonds. The molecule has 4 nitrogen and oxygen atoms in total. The Morgan fingerprint density at radius 1 is 0.800 bits per heavy atom. The lowest BCUT2D eigenvalue weighted by Crippen LogP contribution is -2.32. The molecule has 0 radical (unpaired) electrons. The summed E-state index contributed by atoms with van der Waals surface area (Å²) in [7, 11) is 0. The van der Waals surface area contributed by atoms with Crippen LogP contribution in [0.3, 0.4) is 0 Å². The van der Waals surface area contributed by atoms with Crippen LogP contribution in [0.15, 0.2) is 102 Å². The van der Waals surface area contributed by atoms with E-state index in [1.165, 1.54) is 10.8 Å². The van der Waals surface area contributed by atoms with Crippen molar-refractivity contribution in [3.05, 3.63) is 124 Å². The third-order valence-electron chi connectivity index (χ3n) is 5.33. The second kappa shape index (κ2) is 9.09. The van der Waals surface area contributed by atoms with Crippen molar-refractivity contribution in [1.29, 1.82) is 0 Å². The summed E-state index contributed by atoms with van der Waals surface area (Å²) in [4.78, 5) is 13.5. The van der Waals surface area contributed by atoms with Gasteiger partial charge in [0.1, 0.15) is 0 Å². The van der Waals surface area contributed by atoms with Gasteiger partial charge in [0.15, 0.2) is 0 Å². The van der Waals surface area contributed by atoms with Crippen LogP contribution >= 0.6 is 12.6 Å². The van der Waals surface area contributed by atoms with Gasteiger partial charge in [0.2, 0.25) is 5.88 Å². The first-order valence-corrected chi connectivity index (χ1v) is 10.6. The number of hydrogen-bond donors (Lipinski definition) is 2. The zero-order valence-electron chi connectivity index (χ0n) is 16.5. The van der Waals surface area contributed by atoms with E-state index in [2.05, 4.69) is 12.6 Å². The molecule has 0 spiro atoms. The van der Waals surface area contributed by atoms with Crippen LogP contribution in [0.25, 0.3) is 0 Å². The molecule has 0 aliphatic rings. The average molecular weight is 417 g/mol. The molecule has 1 N–H and O–H groups in total. The van der Waals surface area contributed by atoms with Gasteiger partial charge in [-0.1, -0.05) is 91.0 Å². The predicted molar refractivity (Wildman–Crippen MR) is 124 cm³/mol. The number of aromatic nitrogens is 2. The normalized spacial score (nSPS) is 12.2. The van der Waals surface area contributed by atoms with Gasteiger partial charge in [-0.25, -0.2) is 4.79 Å². The maximum absolute atomic E-state index is 13.5. The molecule has 0 bridgehead atoms. The summed E-state index contributed by atoms with van der Waals surface area (Å²) in [5, 5.41) is 10.7. The molecule has 152 valence electrons. The van der Waals surface area contributed by atoms with Crippen LogP contribution in [0.2, 0.25) is 0 Å². The van der Waals surface area contributed by atoms with Gasteiger partial charge in [-0.3, -0.25) is 9.13 Å². The molecule has 1 unspecified atom stereocenters. The molecule has 0 saturated carbocycles. The highest BCUT2D eigenvalue weighted by Gasteiger charge is 2.25. The van der Waals surface area contributed by atoms with Gasteiger partial charge in [0, 0.05) is 5.75 Å². The fraction of sp³-hybridized carbons (Fsp3) is 0.160. The van der Waals surface area contributed by atoms with E-state index < -0.39 is 0 Å². The lowest BCUT2D eigenvalue weighted by molar-refractivity contribution is 0.386. The van der Waals surface area contributed by atoms with E-state index >= 15 is 0 Å². The SMILES string of the molecule is O=c1n(C(c2ccccc2)c2ccccc2)cc(O)n1C(CS)Cc1ccccc1. The van der Waals surface area contributed by atoms with Gasteiger partial charge >= 0.3 is 5.69 Å². The minimum atomic E-state index is -0.329. The number of aromatic hydroxyl groups is 1. The fourth-order valence-corrected chi connectivity index (χ4v) is 4.19. The van der Waals surface area contributed by atoms with Crippen LogP contribution in [0, 0.1) is 0 Å². The van der Waals surface area contributed by atoms with Gasteiger partial charge in [-0.15, -0.1) is 0 Å². The quantitative estimate of drug-likeness (QED) is 0.429. The van der Waals surface area contributed by atoms with Gasteiger partial charge in [0.05, 0.1) is 18.3 Å². The van der Waals surface area contributed by atoms with E-state index in [1.807, 2.05) is 91.0 Å². The molecule has 5 heteroatoms. The Hall–Kier alpha value is -3.18. The maximum atomic E-state index is 13.5. The van der Waals surface area contributed by atoms with Crippen LogP contribution < -0.4 is 5.69 Å². The van der Waals surface area contributed by atoms with Crippen LogP contribution in [0.5, 0.6) is 5.88 Å². The summed E-state index contributed by atoms with van der Waals surface area (Å²) in [6.45, 7) is 0. The molecule has 0 aliphatic carbocycles. The molecule has 0 aliphatic heterocycles. The number of nitrogens with zero attached hydrogens (tertiary/aromatic N) is 2. The summed E-state index contributed by atoms with van der Waals surface area (Å²) in [6.07, 6.45) is 2.15. The first-order valence-electron chi connectivity index (χ1n) is 9.96. The van der Waals surface area contributed by atoms with Gasteiger partial charge < -0.3 is 5.11 Å². The molecular formula is C25H24N2O2S. The largest absolute Gasteiger partial charge is 0.493 e. The highest BCUT2D eigenvalue weighted by Crippen LogP contribution is 2.28. The minimum absolute atomic E-state index is 0.0492. The number of rotatable bonds is 7. The Labute approximate surface area is 181 Å². The number of benzene rings is 3. The number of hydrogen-bond acceptors (Lipinski definition) is 3. The first kappa shape index (κ1) is 20.1. The maximum Gasteiger partial charge on any atom is 0.332 e. The van der Waals surface area contributed by atoms with Crippen molar-refractivity contribution in [3.8, 4) is 5.88 Å².